The van der Waals surface area contributed by atoms with Crippen LogP contribution in [0.2, 0.25) is 0 Å². The number of carbonyl (C=O) groups excluding carboxylic acids is 1. The third-order valence-electron chi connectivity index (χ3n) is 4.14. The first-order valence-electron chi connectivity index (χ1n) is 8.61. The minimum absolute atomic E-state index is 0.0571. The summed E-state index contributed by atoms with van der Waals surface area (Å²) < 4.78 is 11.0. The molecule has 1 aliphatic heterocycles. The Bertz CT molecular complexity index is 1040. The number of nitriles is 2. The molecule has 0 aromatic heterocycles. The third-order valence-corrected chi connectivity index (χ3v) is 4.14. The van der Waals surface area contributed by atoms with Gasteiger partial charge in [-0.3, -0.25) is 0 Å². The summed E-state index contributed by atoms with van der Waals surface area (Å²) in [6, 6.07) is 10.9. The monoisotopic (exact) mass is 368 g/mol. The Labute approximate surface area is 163 Å². The number of esters is 1. The number of carbonyl (C=O) groups is 1. The van der Waals surface area contributed by atoms with E-state index in [0.717, 1.165) is 29.4 Å². The highest BCUT2D eigenvalue weighted by atomic mass is 16.5. The van der Waals surface area contributed by atoms with E-state index in [4.69, 9.17) is 9.47 Å². The van der Waals surface area contributed by atoms with Crippen molar-refractivity contribution >= 4 is 12.0 Å². The van der Waals surface area contributed by atoms with Crippen LogP contribution >= 0.6 is 0 Å². The molecule has 1 aromatic carbocycles. The summed E-state index contributed by atoms with van der Waals surface area (Å²) in [5, 5.41) is 18.5. The summed E-state index contributed by atoms with van der Waals surface area (Å²) in [4.78, 5) is 11.2. The average molecular weight is 368 g/mol. The molecule has 0 fully saturated rings. The van der Waals surface area contributed by atoms with E-state index in [1.807, 2.05) is 30.4 Å². The number of rotatable bonds is 4. The van der Waals surface area contributed by atoms with Gasteiger partial charge in [-0.15, -0.1) is 0 Å². The first-order valence-corrected chi connectivity index (χ1v) is 8.61. The Hall–Kier alpha value is -4.09. The predicted octanol–water partition coefficient (Wildman–Crippen LogP) is 4.65. The lowest BCUT2D eigenvalue weighted by Gasteiger charge is -2.23. The lowest BCUT2D eigenvalue weighted by molar-refractivity contribution is -0.128. The van der Waals surface area contributed by atoms with Gasteiger partial charge >= 0.3 is 5.97 Å². The lowest BCUT2D eigenvalue weighted by Crippen LogP contribution is -2.08. The van der Waals surface area contributed by atoms with E-state index < -0.39 is 5.97 Å². The van der Waals surface area contributed by atoms with E-state index in [9.17, 15) is 15.3 Å². The van der Waals surface area contributed by atoms with Crippen LogP contribution in [0.1, 0.15) is 18.4 Å². The molecular formula is C23H16N2O3. The minimum Gasteiger partial charge on any atom is -0.461 e. The first-order chi connectivity index (χ1) is 13.6. The molecule has 3 rings (SSSR count). The summed E-state index contributed by atoms with van der Waals surface area (Å²) in [6.45, 7) is 3.36. The molecular weight excluding hydrogens is 352 g/mol. The molecule has 0 bridgehead atoms. The van der Waals surface area contributed by atoms with Crippen molar-refractivity contribution in [3.05, 3.63) is 95.0 Å². The van der Waals surface area contributed by atoms with Crippen molar-refractivity contribution in [1.29, 1.82) is 10.5 Å². The van der Waals surface area contributed by atoms with Crippen LogP contribution in [0, 0.1) is 22.7 Å². The zero-order valence-corrected chi connectivity index (χ0v) is 15.0. The number of allylic oxidation sites excluding steroid dienone is 8. The zero-order valence-electron chi connectivity index (χ0n) is 15.0. The van der Waals surface area contributed by atoms with Crippen LogP contribution in [0.5, 0.6) is 5.75 Å². The minimum atomic E-state index is -0.514. The number of hydrogen-bond donors (Lipinski definition) is 0. The van der Waals surface area contributed by atoms with Gasteiger partial charge in [-0.1, -0.05) is 36.9 Å². The quantitative estimate of drug-likeness (QED) is 0.334. The van der Waals surface area contributed by atoms with E-state index in [1.165, 1.54) is 0 Å². The molecule has 5 nitrogen and oxygen atoms in total. The van der Waals surface area contributed by atoms with Gasteiger partial charge in [-0.05, 0) is 36.3 Å². The van der Waals surface area contributed by atoms with Crippen LogP contribution in [-0.2, 0) is 9.53 Å². The molecule has 1 aliphatic carbocycles. The van der Waals surface area contributed by atoms with Crippen LogP contribution in [-0.4, -0.2) is 5.97 Å². The molecule has 28 heavy (non-hydrogen) atoms. The average Bonchev–Trinajstić information content (AvgIpc) is 2.74. The van der Waals surface area contributed by atoms with Gasteiger partial charge in [0.05, 0.1) is 0 Å². The fourth-order valence-electron chi connectivity index (χ4n) is 2.80. The summed E-state index contributed by atoms with van der Waals surface area (Å²) >= 11 is 0. The SMILES string of the molecule is C=CC(=O)Oc1ccc(/C=C/C2=CC(=C(C#N)C#N)C3=C(CCC=C3)O2)cc1. The van der Waals surface area contributed by atoms with Crippen molar-refractivity contribution in [1.82, 2.24) is 0 Å². The Kier molecular flexibility index (Phi) is 5.69. The Balaban J connectivity index is 1.84. The second kappa shape index (κ2) is 8.53. The van der Waals surface area contributed by atoms with E-state index in [1.54, 1.807) is 36.4 Å². The standard InChI is InChI=1S/C23H16N2O3/c1-2-23(26)28-18-10-7-16(8-11-18)9-12-19-13-21(17(14-24)15-25)20-5-3-4-6-22(20)27-19/h2-3,5,7-13H,1,4,6H2/b12-9+. The van der Waals surface area contributed by atoms with Crippen molar-refractivity contribution in [2.75, 3.05) is 0 Å². The Morgan fingerprint density at radius 2 is 1.93 bits per heavy atom. The second-order valence-electron chi connectivity index (χ2n) is 5.97. The maximum atomic E-state index is 11.2. The first kappa shape index (κ1) is 18.7. The van der Waals surface area contributed by atoms with E-state index in [2.05, 4.69) is 6.58 Å². The molecule has 0 N–H and O–H groups in total. The predicted molar refractivity (Wildman–Crippen MR) is 104 cm³/mol. The van der Waals surface area contributed by atoms with Crippen LogP contribution in [0.3, 0.4) is 0 Å². The Morgan fingerprint density at radius 3 is 2.61 bits per heavy atom. The molecule has 0 spiro atoms. The molecule has 136 valence electrons. The van der Waals surface area contributed by atoms with Crippen LogP contribution in [0.15, 0.2) is 89.5 Å². The maximum absolute atomic E-state index is 11.2. The van der Waals surface area contributed by atoms with E-state index in [-0.39, 0.29) is 5.57 Å². The second-order valence-corrected chi connectivity index (χ2v) is 5.97. The van der Waals surface area contributed by atoms with Crippen LogP contribution in [0.25, 0.3) is 6.08 Å². The number of hydrogen-bond acceptors (Lipinski definition) is 5. The molecule has 5 heteroatoms. The van der Waals surface area contributed by atoms with Gasteiger partial charge in [-0.25, -0.2) is 4.79 Å². The van der Waals surface area contributed by atoms with E-state index in [0.29, 0.717) is 23.5 Å². The van der Waals surface area contributed by atoms with Crippen molar-refractivity contribution in [2.24, 2.45) is 0 Å². The summed E-state index contributed by atoms with van der Waals surface area (Å²) in [5.74, 6) is 1.22. The van der Waals surface area contributed by atoms with Gasteiger partial charge < -0.3 is 9.47 Å². The molecule has 0 saturated heterocycles. The third kappa shape index (κ3) is 4.17. The van der Waals surface area contributed by atoms with Gasteiger partial charge in [0.2, 0.25) is 0 Å². The molecule has 0 radical (unpaired) electrons. The molecule has 1 heterocycles. The number of ether oxygens (including phenoxy) is 2. The van der Waals surface area contributed by atoms with Gasteiger partial charge in [0.15, 0.2) is 0 Å². The summed E-state index contributed by atoms with van der Waals surface area (Å²) in [5.41, 5.74) is 2.29. The lowest BCUT2D eigenvalue weighted by atomic mass is 9.92. The Morgan fingerprint density at radius 1 is 1.18 bits per heavy atom. The van der Waals surface area contributed by atoms with Crippen molar-refractivity contribution in [3.8, 4) is 17.9 Å². The molecule has 2 aliphatic rings. The molecule has 0 amide bonds. The fourth-order valence-corrected chi connectivity index (χ4v) is 2.80. The largest absolute Gasteiger partial charge is 0.461 e. The van der Waals surface area contributed by atoms with Gasteiger partial charge in [0.25, 0.3) is 0 Å². The highest BCUT2D eigenvalue weighted by Crippen LogP contribution is 2.35. The molecule has 0 atom stereocenters. The fraction of sp³-hybridized carbons (Fsp3) is 0.0870. The highest BCUT2D eigenvalue weighted by Gasteiger charge is 2.22. The molecule has 0 saturated carbocycles. The van der Waals surface area contributed by atoms with Gasteiger partial charge in [0, 0.05) is 23.6 Å². The summed E-state index contributed by atoms with van der Waals surface area (Å²) in [6.07, 6.45) is 11.9. The smallest absolute Gasteiger partial charge is 0.335 e. The zero-order chi connectivity index (χ0) is 19.9. The molecule has 0 unspecified atom stereocenters. The van der Waals surface area contributed by atoms with Crippen molar-refractivity contribution < 1.29 is 14.3 Å². The van der Waals surface area contributed by atoms with Gasteiger partial charge in [0.1, 0.15) is 35.0 Å². The van der Waals surface area contributed by atoms with Crippen LogP contribution < -0.4 is 4.74 Å². The molecule has 1 aromatic rings. The van der Waals surface area contributed by atoms with E-state index >= 15 is 0 Å². The highest BCUT2D eigenvalue weighted by molar-refractivity contribution is 5.83. The van der Waals surface area contributed by atoms with Gasteiger partial charge in [-0.2, -0.15) is 10.5 Å². The maximum Gasteiger partial charge on any atom is 0.335 e. The van der Waals surface area contributed by atoms with Crippen molar-refractivity contribution in [3.63, 3.8) is 0 Å². The topological polar surface area (TPSA) is 83.1 Å². The number of nitrogens with zero attached hydrogens (tertiary/aromatic N) is 2. The van der Waals surface area contributed by atoms with Crippen LogP contribution in [0.4, 0.5) is 0 Å². The van der Waals surface area contributed by atoms with Crippen molar-refractivity contribution in [2.45, 2.75) is 12.8 Å². The summed E-state index contributed by atoms with van der Waals surface area (Å²) in [7, 11) is 0. The normalized spacial score (nSPS) is 15.1. The number of benzene rings is 1.